The second-order valence-corrected chi connectivity index (χ2v) is 7.60. The van der Waals surface area contributed by atoms with Gasteiger partial charge in [0.15, 0.2) is 10.2 Å². The van der Waals surface area contributed by atoms with E-state index in [0.717, 1.165) is 21.3 Å². The third-order valence-electron chi connectivity index (χ3n) is 3.54. The zero-order valence-electron chi connectivity index (χ0n) is 14.3. The lowest BCUT2D eigenvalue weighted by Crippen LogP contribution is -1.90. The molecule has 0 aliphatic heterocycles. The lowest BCUT2D eigenvalue weighted by molar-refractivity contribution is 0.415. The first-order chi connectivity index (χ1) is 13.3. The smallest absolute Gasteiger partial charge is 0.257 e. The van der Waals surface area contributed by atoms with Gasteiger partial charge < -0.3 is 14.6 Å². The molecule has 2 aromatic carbocycles. The molecular formula is C18H15N5O2S2. The number of nitrogens with zero attached hydrogens (tertiary/aromatic N) is 4. The minimum atomic E-state index is 0.517. The summed E-state index contributed by atoms with van der Waals surface area (Å²) >= 11 is 2.98. The van der Waals surface area contributed by atoms with Gasteiger partial charge in [-0.1, -0.05) is 52.5 Å². The third-order valence-corrected chi connectivity index (χ3v) is 5.51. The number of thioether (sulfide) groups is 1. The number of hydrogen-bond donors (Lipinski definition) is 1. The number of nitrogens with one attached hydrogen (secondary N) is 1. The summed E-state index contributed by atoms with van der Waals surface area (Å²) in [6.07, 6.45) is 0. The summed E-state index contributed by atoms with van der Waals surface area (Å²) in [5, 5.41) is 16.3. The van der Waals surface area contributed by atoms with Gasteiger partial charge >= 0.3 is 0 Å². The van der Waals surface area contributed by atoms with E-state index in [0.29, 0.717) is 22.6 Å². The summed E-state index contributed by atoms with van der Waals surface area (Å²) in [5.41, 5.74) is 1.80. The molecule has 9 heteroatoms. The number of anilines is 2. The Kier molecular flexibility index (Phi) is 5.31. The molecule has 0 saturated carbocycles. The molecule has 0 aliphatic rings. The van der Waals surface area contributed by atoms with Crippen LogP contribution in [0.25, 0.3) is 11.5 Å². The van der Waals surface area contributed by atoms with Gasteiger partial charge in [0, 0.05) is 17.3 Å². The van der Waals surface area contributed by atoms with Crippen LogP contribution in [0.2, 0.25) is 0 Å². The average molecular weight is 397 g/mol. The average Bonchev–Trinajstić information content (AvgIpc) is 3.37. The van der Waals surface area contributed by atoms with Gasteiger partial charge in [0.05, 0.1) is 12.9 Å². The lowest BCUT2D eigenvalue weighted by atomic mass is 10.2. The fourth-order valence-electron chi connectivity index (χ4n) is 2.28. The van der Waals surface area contributed by atoms with Crippen LogP contribution in [0.1, 0.15) is 5.82 Å². The molecule has 0 amide bonds. The largest absolute Gasteiger partial charge is 0.497 e. The van der Waals surface area contributed by atoms with E-state index in [9.17, 15) is 0 Å². The Bertz CT molecular complexity index is 1020. The number of rotatable bonds is 7. The number of aromatic nitrogens is 4. The molecule has 0 bridgehead atoms. The molecule has 2 heterocycles. The number of ether oxygens (including phenoxy) is 1. The standard InChI is InChI=1S/C18H15N5O2S2/c1-24-14-9-5-8-13(10-14)19-17-21-22-18(27-17)26-11-15-20-16(25-23-15)12-6-3-2-4-7-12/h2-10H,11H2,1H3,(H,19,21). The van der Waals surface area contributed by atoms with Crippen LogP contribution in [0.3, 0.4) is 0 Å². The van der Waals surface area contributed by atoms with Crippen LogP contribution in [0.15, 0.2) is 63.5 Å². The van der Waals surface area contributed by atoms with Crippen molar-refractivity contribution in [1.82, 2.24) is 20.3 Å². The van der Waals surface area contributed by atoms with Crippen molar-refractivity contribution in [2.75, 3.05) is 12.4 Å². The predicted molar refractivity (Wildman–Crippen MR) is 105 cm³/mol. The van der Waals surface area contributed by atoms with Crippen molar-refractivity contribution >= 4 is 33.9 Å². The first-order valence-corrected chi connectivity index (χ1v) is 9.86. The van der Waals surface area contributed by atoms with Gasteiger partial charge in [-0.3, -0.25) is 0 Å². The summed E-state index contributed by atoms with van der Waals surface area (Å²) in [6, 6.07) is 17.3. The highest BCUT2D eigenvalue weighted by molar-refractivity contribution is 8.00. The Balaban J connectivity index is 1.36. The Morgan fingerprint density at radius 2 is 2.00 bits per heavy atom. The van der Waals surface area contributed by atoms with Crippen LogP contribution in [-0.4, -0.2) is 27.4 Å². The Morgan fingerprint density at radius 1 is 1.11 bits per heavy atom. The van der Waals surface area contributed by atoms with E-state index < -0.39 is 0 Å². The van der Waals surface area contributed by atoms with Crippen molar-refractivity contribution in [2.24, 2.45) is 0 Å². The van der Waals surface area contributed by atoms with Crippen molar-refractivity contribution in [3.63, 3.8) is 0 Å². The quantitative estimate of drug-likeness (QED) is 0.452. The van der Waals surface area contributed by atoms with Crippen LogP contribution in [0.5, 0.6) is 5.75 Å². The SMILES string of the molecule is COc1cccc(Nc2nnc(SCc3noc(-c4ccccc4)n3)s2)c1. The van der Waals surface area contributed by atoms with Crippen molar-refractivity contribution in [1.29, 1.82) is 0 Å². The van der Waals surface area contributed by atoms with E-state index in [-0.39, 0.29) is 0 Å². The fraction of sp³-hybridized carbons (Fsp3) is 0.111. The van der Waals surface area contributed by atoms with Crippen molar-refractivity contribution in [3.8, 4) is 17.2 Å². The van der Waals surface area contributed by atoms with Crippen molar-refractivity contribution < 1.29 is 9.26 Å². The molecule has 27 heavy (non-hydrogen) atoms. The van der Waals surface area contributed by atoms with Crippen molar-refractivity contribution in [2.45, 2.75) is 10.1 Å². The maximum atomic E-state index is 5.31. The molecule has 0 aliphatic carbocycles. The van der Waals surface area contributed by atoms with Crippen LogP contribution < -0.4 is 10.1 Å². The highest BCUT2D eigenvalue weighted by atomic mass is 32.2. The topological polar surface area (TPSA) is 86.0 Å². The molecule has 0 fully saturated rings. The molecule has 1 N–H and O–H groups in total. The molecule has 0 saturated heterocycles. The first kappa shape index (κ1) is 17.5. The summed E-state index contributed by atoms with van der Waals surface area (Å²) in [7, 11) is 1.64. The third kappa shape index (κ3) is 4.44. The van der Waals surface area contributed by atoms with Crippen molar-refractivity contribution in [3.05, 3.63) is 60.4 Å². The van der Waals surface area contributed by atoms with Crippen LogP contribution in [-0.2, 0) is 5.75 Å². The molecule has 0 spiro atoms. The molecule has 2 aromatic heterocycles. The van der Waals surface area contributed by atoms with E-state index in [1.54, 1.807) is 7.11 Å². The summed E-state index contributed by atoms with van der Waals surface area (Å²) in [5.74, 6) is 2.48. The Hall–Kier alpha value is -2.91. The zero-order valence-corrected chi connectivity index (χ0v) is 16.0. The monoisotopic (exact) mass is 397 g/mol. The van der Waals surface area contributed by atoms with Crippen LogP contribution in [0, 0.1) is 0 Å². The van der Waals surface area contributed by atoms with E-state index in [2.05, 4.69) is 25.7 Å². The molecule has 4 rings (SSSR count). The van der Waals surface area contributed by atoms with E-state index in [4.69, 9.17) is 9.26 Å². The number of methoxy groups -OCH3 is 1. The zero-order chi connectivity index (χ0) is 18.5. The van der Waals surface area contributed by atoms with Gasteiger partial charge in [-0.05, 0) is 24.3 Å². The lowest BCUT2D eigenvalue weighted by Gasteiger charge is -2.04. The first-order valence-electron chi connectivity index (χ1n) is 8.05. The van der Waals surface area contributed by atoms with Crippen LogP contribution >= 0.6 is 23.1 Å². The summed E-state index contributed by atoms with van der Waals surface area (Å²) in [6.45, 7) is 0. The second kappa shape index (κ2) is 8.19. The van der Waals surface area contributed by atoms with Gasteiger partial charge in [-0.15, -0.1) is 10.2 Å². The minimum absolute atomic E-state index is 0.517. The fourth-order valence-corrected chi connectivity index (χ4v) is 3.90. The predicted octanol–water partition coefficient (Wildman–Crippen LogP) is 4.63. The van der Waals surface area contributed by atoms with Gasteiger partial charge in [-0.2, -0.15) is 4.98 Å². The Morgan fingerprint density at radius 3 is 2.85 bits per heavy atom. The normalized spacial score (nSPS) is 10.7. The minimum Gasteiger partial charge on any atom is -0.497 e. The van der Waals surface area contributed by atoms with Gasteiger partial charge in [0.1, 0.15) is 5.75 Å². The maximum absolute atomic E-state index is 5.31. The summed E-state index contributed by atoms with van der Waals surface area (Å²) < 4.78 is 11.4. The van der Waals surface area contributed by atoms with Crippen LogP contribution in [0.4, 0.5) is 10.8 Å². The van der Waals surface area contributed by atoms with Gasteiger partial charge in [-0.25, -0.2) is 0 Å². The molecule has 0 atom stereocenters. The molecule has 0 unspecified atom stereocenters. The van der Waals surface area contributed by atoms with E-state index >= 15 is 0 Å². The van der Waals surface area contributed by atoms with Gasteiger partial charge in [0.25, 0.3) is 5.89 Å². The van der Waals surface area contributed by atoms with E-state index in [1.807, 2.05) is 54.6 Å². The Labute approximate surface area is 163 Å². The molecular weight excluding hydrogens is 382 g/mol. The van der Waals surface area contributed by atoms with E-state index in [1.165, 1.54) is 23.1 Å². The number of hydrogen-bond acceptors (Lipinski definition) is 9. The molecule has 4 aromatic rings. The second-order valence-electron chi connectivity index (χ2n) is 5.40. The molecule has 7 nitrogen and oxygen atoms in total. The summed E-state index contributed by atoms with van der Waals surface area (Å²) in [4.78, 5) is 4.42. The molecule has 0 radical (unpaired) electrons. The molecule has 136 valence electrons. The highest BCUT2D eigenvalue weighted by Crippen LogP contribution is 2.30. The maximum Gasteiger partial charge on any atom is 0.257 e. The number of benzene rings is 2. The highest BCUT2D eigenvalue weighted by Gasteiger charge is 2.11. The van der Waals surface area contributed by atoms with Gasteiger partial charge in [0.2, 0.25) is 5.13 Å².